The number of azo groups is 1. The van der Waals surface area contributed by atoms with Gasteiger partial charge in [-0.2, -0.15) is 10.1 Å². The fourth-order valence-corrected chi connectivity index (χ4v) is 0.963. The lowest BCUT2D eigenvalue weighted by molar-refractivity contribution is -0.115. The zero-order chi connectivity index (χ0) is 7.84. The molecule has 0 atom stereocenters. The number of amidine groups is 1. The molecule has 5 nitrogen and oxygen atoms in total. The zero-order valence-electron chi connectivity index (χ0n) is 5.24. The van der Waals surface area contributed by atoms with Crippen molar-refractivity contribution in [3.63, 3.8) is 0 Å². The third kappa shape index (κ3) is 0.874. The summed E-state index contributed by atoms with van der Waals surface area (Å²) in [7, 11) is 0. The largest absolute Gasteiger partial charge is 0.297 e. The van der Waals surface area contributed by atoms with Crippen LogP contribution in [0.4, 0.5) is 0 Å². The molecule has 0 aromatic carbocycles. The van der Waals surface area contributed by atoms with Gasteiger partial charge in [0.2, 0.25) is 5.11 Å². The van der Waals surface area contributed by atoms with E-state index in [0.29, 0.717) is 11.4 Å². The summed E-state index contributed by atoms with van der Waals surface area (Å²) >= 11 is 4.66. The summed E-state index contributed by atoms with van der Waals surface area (Å²) in [6, 6.07) is 0. The topological polar surface area (TPSA) is 66.2 Å². The maximum absolute atomic E-state index is 11.0. The van der Waals surface area contributed by atoms with E-state index in [2.05, 4.69) is 32.8 Å². The van der Waals surface area contributed by atoms with Crippen LogP contribution in [0.15, 0.2) is 27.0 Å². The van der Waals surface area contributed by atoms with Crippen molar-refractivity contribution >= 4 is 29.1 Å². The first-order valence-electron chi connectivity index (χ1n) is 2.83. The highest BCUT2D eigenvalue weighted by atomic mass is 32.1. The molecule has 1 amide bonds. The van der Waals surface area contributed by atoms with Crippen LogP contribution < -0.4 is 5.32 Å². The Kier molecular flexibility index (Phi) is 1.16. The van der Waals surface area contributed by atoms with Gasteiger partial charge in [-0.15, -0.1) is 5.11 Å². The maximum atomic E-state index is 11.0. The zero-order valence-corrected chi connectivity index (χ0v) is 6.05. The summed E-state index contributed by atoms with van der Waals surface area (Å²) in [6.07, 6.45) is 1.36. The average molecular weight is 166 g/mol. The predicted molar refractivity (Wildman–Crippen MR) is 41.1 cm³/mol. The lowest BCUT2D eigenvalue weighted by atomic mass is 10.2. The Morgan fingerprint density at radius 2 is 2.36 bits per heavy atom. The summed E-state index contributed by atoms with van der Waals surface area (Å²) in [4.78, 5) is 14.8. The molecule has 2 heterocycles. The molecule has 0 saturated carbocycles. The van der Waals surface area contributed by atoms with E-state index in [0.717, 1.165) is 0 Å². The van der Waals surface area contributed by atoms with Crippen LogP contribution in [0.1, 0.15) is 0 Å². The molecular weight excluding hydrogens is 164 g/mol. The van der Waals surface area contributed by atoms with Crippen LogP contribution in [-0.4, -0.2) is 16.9 Å². The highest BCUT2D eigenvalue weighted by molar-refractivity contribution is 7.80. The Morgan fingerprint density at radius 3 is 3.18 bits per heavy atom. The molecule has 0 aromatic heterocycles. The van der Waals surface area contributed by atoms with Gasteiger partial charge in [0.15, 0.2) is 5.84 Å². The predicted octanol–water partition coefficient (Wildman–Crippen LogP) is 0.149. The molecule has 11 heavy (non-hydrogen) atoms. The van der Waals surface area contributed by atoms with Crippen molar-refractivity contribution in [2.24, 2.45) is 15.2 Å². The van der Waals surface area contributed by atoms with E-state index in [4.69, 9.17) is 0 Å². The summed E-state index contributed by atoms with van der Waals surface area (Å²) in [5, 5.41) is 9.63. The van der Waals surface area contributed by atoms with Crippen LogP contribution in [0, 0.1) is 0 Å². The van der Waals surface area contributed by atoms with Crippen molar-refractivity contribution < 1.29 is 4.79 Å². The van der Waals surface area contributed by atoms with E-state index in [1.165, 1.54) is 6.20 Å². The standard InChI is InChI=1S/C5H2N4OS/c10-4-2-1-6-9-3(2)7-5(11)8-4/h1H,(H,8,10,11). The molecule has 2 aliphatic heterocycles. The highest BCUT2D eigenvalue weighted by Crippen LogP contribution is 2.12. The van der Waals surface area contributed by atoms with Crippen LogP contribution in [0.5, 0.6) is 0 Å². The number of hydrogen-bond donors (Lipinski definition) is 1. The number of fused-ring (bicyclic) bond motifs is 1. The van der Waals surface area contributed by atoms with Crippen LogP contribution in [0.25, 0.3) is 0 Å². The van der Waals surface area contributed by atoms with Crippen molar-refractivity contribution in [3.8, 4) is 0 Å². The minimum atomic E-state index is -0.287. The van der Waals surface area contributed by atoms with Crippen LogP contribution in [0.2, 0.25) is 0 Å². The molecule has 0 fully saturated rings. The molecule has 2 aliphatic rings. The number of rotatable bonds is 0. The van der Waals surface area contributed by atoms with Crippen LogP contribution >= 0.6 is 12.2 Å². The number of amides is 1. The monoisotopic (exact) mass is 166 g/mol. The second-order valence-electron chi connectivity index (χ2n) is 1.95. The molecule has 0 bridgehead atoms. The van der Waals surface area contributed by atoms with Gasteiger partial charge in [0.05, 0.1) is 6.20 Å². The Morgan fingerprint density at radius 1 is 1.55 bits per heavy atom. The minimum Gasteiger partial charge on any atom is -0.297 e. The van der Waals surface area contributed by atoms with Gasteiger partial charge in [-0.05, 0) is 12.2 Å². The summed E-state index contributed by atoms with van der Waals surface area (Å²) in [5.41, 5.74) is 0.374. The number of carbonyl (C=O) groups is 1. The van der Waals surface area contributed by atoms with Gasteiger partial charge < -0.3 is 0 Å². The van der Waals surface area contributed by atoms with Crippen molar-refractivity contribution in [1.29, 1.82) is 0 Å². The number of hydrogen-bond acceptors (Lipinski definition) is 4. The molecular formula is C5H2N4OS. The maximum Gasteiger partial charge on any atom is 0.263 e. The van der Waals surface area contributed by atoms with E-state index >= 15 is 0 Å². The Hall–Kier alpha value is -1.43. The minimum absolute atomic E-state index is 0.142. The lowest BCUT2D eigenvalue weighted by Crippen LogP contribution is -2.35. The van der Waals surface area contributed by atoms with Crippen molar-refractivity contribution in [3.05, 3.63) is 11.8 Å². The number of nitrogens with one attached hydrogen (secondary N) is 1. The number of thiocarbonyl (C=S) groups is 1. The first kappa shape index (κ1) is 6.29. The highest BCUT2D eigenvalue weighted by Gasteiger charge is 2.25. The Labute approximate surface area is 66.9 Å². The third-order valence-corrected chi connectivity index (χ3v) is 1.45. The molecule has 0 saturated heterocycles. The molecule has 1 N–H and O–H groups in total. The van der Waals surface area contributed by atoms with Gasteiger partial charge in [-0.3, -0.25) is 10.1 Å². The molecule has 2 rings (SSSR count). The van der Waals surface area contributed by atoms with Gasteiger partial charge in [-0.1, -0.05) is 0 Å². The van der Waals surface area contributed by atoms with E-state index in [-0.39, 0.29) is 11.0 Å². The fourth-order valence-electron chi connectivity index (χ4n) is 0.784. The first-order chi connectivity index (χ1) is 5.27. The first-order valence-corrected chi connectivity index (χ1v) is 3.23. The molecule has 0 aromatic rings. The normalized spacial score (nSPS) is 20.7. The average Bonchev–Trinajstić information content (AvgIpc) is 2.34. The Balaban J connectivity index is 2.53. The molecule has 6 heteroatoms. The van der Waals surface area contributed by atoms with Crippen LogP contribution in [0.3, 0.4) is 0 Å². The van der Waals surface area contributed by atoms with Crippen LogP contribution in [-0.2, 0) is 4.79 Å². The summed E-state index contributed by atoms with van der Waals surface area (Å²) in [6.45, 7) is 0. The van der Waals surface area contributed by atoms with Gasteiger partial charge in [0.25, 0.3) is 5.91 Å². The quantitative estimate of drug-likeness (QED) is 0.520. The number of carbonyl (C=O) groups excluding carboxylic acids is 1. The second-order valence-corrected chi connectivity index (χ2v) is 2.34. The molecule has 0 spiro atoms. The van der Waals surface area contributed by atoms with E-state index < -0.39 is 0 Å². The van der Waals surface area contributed by atoms with E-state index in [1.807, 2.05) is 0 Å². The third-order valence-electron chi connectivity index (χ3n) is 1.25. The molecule has 0 radical (unpaired) electrons. The molecule has 0 aliphatic carbocycles. The van der Waals surface area contributed by atoms with Gasteiger partial charge >= 0.3 is 0 Å². The number of aliphatic imine (C=N–C) groups is 1. The van der Waals surface area contributed by atoms with Gasteiger partial charge in [0, 0.05) is 0 Å². The van der Waals surface area contributed by atoms with Crippen molar-refractivity contribution in [2.75, 3.05) is 0 Å². The SMILES string of the molecule is O=C1NC(=S)N=C2N=NC=C12. The summed E-state index contributed by atoms with van der Waals surface area (Å²) in [5.74, 6) is 0.0174. The van der Waals surface area contributed by atoms with E-state index in [1.54, 1.807) is 0 Å². The molecule has 54 valence electrons. The van der Waals surface area contributed by atoms with Gasteiger partial charge in [-0.25, -0.2) is 0 Å². The fraction of sp³-hybridized carbons (Fsp3) is 0. The summed E-state index contributed by atoms with van der Waals surface area (Å²) < 4.78 is 0. The van der Waals surface area contributed by atoms with Crippen molar-refractivity contribution in [1.82, 2.24) is 5.32 Å². The number of nitrogens with zero attached hydrogens (tertiary/aromatic N) is 3. The van der Waals surface area contributed by atoms with E-state index in [9.17, 15) is 4.79 Å². The van der Waals surface area contributed by atoms with Gasteiger partial charge in [0.1, 0.15) is 5.57 Å². The smallest absolute Gasteiger partial charge is 0.263 e. The lowest BCUT2D eigenvalue weighted by Gasteiger charge is -2.08. The second kappa shape index (κ2) is 2.03. The Bertz CT molecular complexity index is 340. The molecule has 0 unspecified atom stereocenters. The van der Waals surface area contributed by atoms with Crippen molar-refractivity contribution in [2.45, 2.75) is 0 Å².